The summed E-state index contributed by atoms with van der Waals surface area (Å²) in [5, 5.41) is 5.13. The molecule has 1 aromatic heterocycles. The molecule has 2 aliphatic rings. The van der Waals surface area contributed by atoms with E-state index in [9.17, 15) is 0 Å². The van der Waals surface area contributed by atoms with E-state index in [0.29, 0.717) is 0 Å². The highest BCUT2D eigenvalue weighted by molar-refractivity contribution is 6.06. The van der Waals surface area contributed by atoms with Gasteiger partial charge in [0.05, 0.1) is 16.4 Å². The van der Waals surface area contributed by atoms with Crippen LogP contribution in [0, 0.1) is 0 Å². The molecule has 0 unspecified atom stereocenters. The molecule has 0 radical (unpaired) electrons. The van der Waals surface area contributed by atoms with Crippen molar-refractivity contribution in [2.24, 2.45) is 0 Å². The van der Waals surface area contributed by atoms with Crippen LogP contribution in [0.25, 0.3) is 71.6 Å². The Morgan fingerprint density at radius 1 is 0.510 bits per heavy atom. The lowest BCUT2D eigenvalue weighted by Crippen LogP contribution is -2.26. The van der Waals surface area contributed by atoms with Gasteiger partial charge < -0.3 is 0 Å². The molecule has 0 atom stereocenters. The molecule has 8 aromatic carbocycles. The summed E-state index contributed by atoms with van der Waals surface area (Å²) in [4.78, 5) is 5.02. The van der Waals surface area contributed by atoms with Crippen molar-refractivity contribution in [3.05, 3.63) is 192 Å². The first-order chi connectivity index (χ1) is 25.2. The molecule has 11 rings (SSSR count). The van der Waals surface area contributed by atoms with Gasteiger partial charge in [0.15, 0.2) is 0 Å². The summed E-state index contributed by atoms with van der Waals surface area (Å²) in [6.45, 7) is 2.22. The van der Waals surface area contributed by atoms with Crippen molar-refractivity contribution in [1.29, 1.82) is 0 Å². The van der Waals surface area contributed by atoms with Crippen molar-refractivity contribution in [3.8, 4) is 39.1 Å². The Hall–Kier alpha value is -6.25. The molecule has 1 heterocycles. The van der Waals surface area contributed by atoms with E-state index < -0.39 is 5.41 Å². The molecule has 0 amide bonds. The third kappa shape index (κ3) is 3.85. The first-order valence-corrected chi connectivity index (χ1v) is 18.1. The maximum Gasteiger partial charge on any atom is 0.114 e. The van der Waals surface area contributed by atoms with Crippen molar-refractivity contribution in [1.82, 2.24) is 9.55 Å². The molecule has 2 nitrogen and oxygen atoms in total. The van der Waals surface area contributed by atoms with Crippen LogP contribution in [0.5, 0.6) is 0 Å². The van der Waals surface area contributed by atoms with Gasteiger partial charge in [-0.15, -0.1) is 0 Å². The second-order valence-electron chi connectivity index (χ2n) is 14.2. The first-order valence-electron chi connectivity index (χ1n) is 18.1. The van der Waals surface area contributed by atoms with Crippen LogP contribution in [0.4, 0.5) is 0 Å². The fourth-order valence-corrected chi connectivity index (χ4v) is 9.42. The van der Waals surface area contributed by atoms with Crippen LogP contribution in [0.15, 0.2) is 164 Å². The summed E-state index contributed by atoms with van der Waals surface area (Å²) in [5.41, 5.74) is 16.2. The van der Waals surface area contributed by atoms with Crippen molar-refractivity contribution in [2.75, 3.05) is 0 Å². The van der Waals surface area contributed by atoms with Crippen LogP contribution in [0.2, 0.25) is 0 Å². The van der Waals surface area contributed by atoms with Crippen LogP contribution in [-0.2, 0) is 11.8 Å². The Labute approximate surface area is 297 Å². The van der Waals surface area contributed by atoms with Crippen LogP contribution in [0.1, 0.15) is 41.4 Å². The summed E-state index contributed by atoms with van der Waals surface area (Å²) < 4.78 is 2.34. The number of aromatic nitrogens is 2. The minimum absolute atomic E-state index is 0.402. The smallest absolute Gasteiger partial charge is 0.114 e. The van der Waals surface area contributed by atoms with E-state index in [1.165, 1.54) is 77.2 Å². The SMILES string of the molecule is CCCc1nc2ccccc2n1-c1cccc(-c2ccc3c4c(ccc3c2)-c2cc3ccccc3cc2C42c3ccccc3-c3ccccc32)c1. The number of rotatable bonds is 4. The van der Waals surface area contributed by atoms with Gasteiger partial charge in [0.2, 0.25) is 0 Å². The number of imidazole rings is 1. The van der Waals surface area contributed by atoms with Gasteiger partial charge in [0.1, 0.15) is 5.82 Å². The Morgan fingerprint density at radius 3 is 2.02 bits per heavy atom. The molecule has 0 fully saturated rings. The highest BCUT2D eigenvalue weighted by Gasteiger charge is 2.52. The number of hydrogen-bond acceptors (Lipinski definition) is 1. The van der Waals surface area contributed by atoms with Crippen LogP contribution < -0.4 is 0 Å². The zero-order chi connectivity index (χ0) is 33.7. The zero-order valence-electron chi connectivity index (χ0n) is 28.4. The number of para-hydroxylation sites is 2. The number of nitrogens with zero attached hydrogens (tertiary/aromatic N) is 2. The van der Waals surface area contributed by atoms with Crippen molar-refractivity contribution in [2.45, 2.75) is 25.2 Å². The predicted molar refractivity (Wildman–Crippen MR) is 212 cm³/mol. The molecule has 0 N–H and O–H groups in total. The summed E-state index contributed by atoms with van der Waals surface area (Å²) in [6.07, 6.45) is 1.99. The molecule has 9 aromatic rings. The normalized spacial score (nSPS) is 13.5. The van der Waals surface area contributed by atoms with Gasteiger partial charge in [-0.25, -0.2) is 4.98 Å². The zero-order valence-corrected chi connectivity index (χ0v) is 28.4. The fourth-order valence-electron chi connectivity index (χ4n) is 9.42. The van der Waals surface area contributed by atoms with E-state index in [1.807, 2.05) is 0 Å². The van der Waals surface area contributed by atoms with E-state index in [2.05, 4.69) is 175 Å². The van der Waals surface area contributed by atoms with Crippen LogP contribution in [-0.4, -0.2) is 9.55 Å². The minimum atomic E-state index is -0.402. The molecule has 0 saturated heterocycles. The third-order valence-corrected chi connectivity index (χ3v) is 11.5. The average molecular weight is 651 g/mol. The molecule has 0 bridgehead atoms. The Bertz CT molecular complexity index is 2840. The lowest BCUT2D eigenvalue weighted by Gasteiger charge is -2.31. The molecule has 0 saturated carbocycles. The van der Waals surface area contributed by atoms with E-state index in [4.69, 9.17) is 4.98 Å². The van der Waals surface area contributed by atoms with E-state index in [1.54, 1.807) is 0 Å². The van der Waals surface area contributed by atoms with E-state index >= 15 is 0 Å². The first kappa shape index (κ1) is 28.6. The van der Waals surface area contributed by atoms with Gasteiger partial charge in [0, 0.05) is 12.1 Å². The molecule has 1 spiro atoms. The van der Waals surface area contributed by atoms with E-state index in [0.717, 1.165) is 35.4 Å². The summed E-state index contributed by atoms with van der Waals surface area (Å²) in [7, 11) is 0. The van der Waals surface area contributed by atoms with Gasteiger partial charge >= 0.3 is 0 Å². The quantitative estimate of drug-likeness (QED) is 0.185. The summed E-state index contributed by atoms with van der Waals surface area (Å²) in [6, 6.07) is 61.2. The molecular weight excluding hydrogens is 617 g/mol. The molecular formula is C49H34N2. The lowest BCUT2D eigenvalue weighted by atomic mass is 9.69. The average Bonchev–Trinajstić information content (AvgIpc) is 3.80. The number of fused-ring (bicyclic) bond motifs is 14. The Balaban J connectivity index is 1.15. The predicted octanol–water partition coefficient (Wildman–Crippen LogP) is 12.3. The highest BCUT2D eigenvalue weighted by Crippen LogP contribution is 2.64. The van der Waals surface area contributed by atoms with Crippen LogP contribution in [0.3, 0.4) is 0 Å². The van der Waals surface area contributed by atoms with Gasteiger partial charge in [-0.3, -0.25) is 4.57 Å². The number of hydrogen-bond donors (Lipinski definition) is 0. The monoisotopic (exact) mass is 650 g/mol. The molecule has 0 aliphatic heterocycles. The molecule has 2 aliphatic carbocycles. The standard InChI is InChI=1S/C49H34N2/c1-2-12-47-50-45-21-9-10-22-46(45)51(47)36-16-11-15-31(28-36)34-23-25-37-35(27-34)24-26-40-41-29-32-13-3-4-14-33(32)30-44(41)49(48(37)40)42-19-7-5-17-38(42)39-18-6-8-20-43(39)49/h3-11,13-30H,2,12H2,1H3. The number of aryl methyl sites for hydroxylation is 1. The molecule has 240 valence electrons. The van der Waals surface area contributed by atoms with Gasteiger partial charge in [-0.1, -0.05) is 128 Å². The van der Waals surface area contributed by atoms with Crippen LogP contribution >= 0.6 is 0 Å². The third-order valence-electron chi connectivity index (χ3n) is 11.5. The Morgan fingerprint density at radius 2 is 1.22 bits per heavy atom. The van der Waals surface area contributed by atoms with Crippen molar-refractivity contribution >= 4 is 32.6 Å². The van der Waals surface area contributed by atoms with Gasteiger partial charge in [-0.2, -0.15) is 0 Å². The minimum Gasteiger partial charge on any atom is -0.296 e. The van der Waals surface area contributed by atoms with Gasteiger partial charge in [0.25, 0.3) is 0 Å². The maximum absolute atomic E-state index is 5.02. The maximum atomic E-state index is 5.02. The number of benzene rings is 8. The van der Waals surface area contributed by atoms with Crippen molar-refractivity contribution in [3.63, 3.8) is 0 Å². The van der Waals surface area contributed by atoms with Crippen molar-refractivity contribution < 1.29 is 0 Å². The largest absolute Gasteiger partial charge is 0.296 e. The summed E-state index contributed by atoms with van der Waals surface area (Å²) in [5.74, 6) is 1.11. The van der Waals surface area contributed by atoms with E-state index in [-0.39, 0.29) is 0 Å². The highest BCUT2D eigenvalue weighted by atomic mass is 15.1. The fraction of sp³-hybridized carbons (Fsp3) is 0.0816. The lowest BCUT2D eigenvalue weighted by molar-refractivity contribution is 0.802. The Kier molecular flexibility index (Phi) is 5.95. The second-order valence-corrected chi connectivity index (χ2v) is 14.2. The molecule has 2 heteroatoms. The summed E-state index contributed by atoms with van der Waals surface area (Å²) >= 11 is 0. The second kappa shape index (κ2) is 10.6. The molecule has 51 heavy (non-hydrogen) atoms. The van der Waals surface area contributed by atoms with Gasteiger partial charge in [-0.05, 0) is 126 Å². The topological polar surface area (TPSA) is 17.8 Å².